The highest BCUT2D eigenvalue weighted by Crippen LogP contribution is 2.34. The fraction of sp³-hybridized carbons (Fsp3) is 0.929. The quantitative estimate of drug-likeness (QED) is 0.751. The zero-order chi connectivity index (χ0) is 12.5. The maximum absolute atomic E-state index is 10.9. The average Bonchev–Trinajstić information content (AvgIpc) is 3.22. The van der Waals surface area contributed by atoms with Crippen LogP contribution in [-0.4, -0.2) is 47.8 Å². The van der Waals surface area contributed by atoms with Gasteiger partial charge in [-0.2, -0.15) is 0 Å². The van der Waals surface area contributed by atoms with Gasteiger partial charge in [-0.3, -0.25) is 0 Å². The van der Waals surface area contributed by atoms with Crippen LogP contribution in [-0.2, 0) is 9.53 Å². The second-order valence-corrected chi connectivity index (χ2v) is 6.27. The third kappa shape index (κ3) is 3.45. The molecule has 18 heavy (non-hydrogen) atoms. The van der Waals surface area contributed by atoms with Crippen LogP contribution in [0.2, 0.25) is 0 Å². The summed E-state index contributed by atoms with van der Waals surface area (Å²) in [5.74, 6) is 1.01. The summed E-state index contributed by atoms with van der Waals surface area (Å²) in [5.41, 5.74) is 0. The fourth-order valence-electron chi connectivity index (χ4n) is 2.86. The Labute approximate surface area is 108 Å². The molecule has 0 aromatic heterocycles. The molecule has 3 fully saturated rings. The summed E-state index contributed by atoms with van der Waals surface area (Å²) in [6.07, 6.45) is 6.69. The maximum Gasteiger partial charge on any atom is 0.332 e. The molecule has 2 atom stereocenters. The van der Waals surface area contributed by atoms with E-state index in [1.54, 1.807) is 0 Å². The van der Waals surface area contributed by atoms with Gasteiger partial charge in [0.1, 0.15) is 0 Å². The molecule has 4 heteroatoms. The number of carboxylic acids is 1. The monoisotopic (exact) mass is 253 g/mol. The van der Waals surface area contributed by atoms with E-state index in [2.05, 4.69) is 4.90 Å². The van der Waals surface area contributed by atoms with E-state index in [-0.39, 0.29) is 6.10 Å². The molecule has 2 unspecified atom stereocenters. The number of hydrogen-bond donors (Lipinski definition) is 1. The predicted molar refractivity (Wildman–Crippen MR) is 67.4 cm³/mol. The van der Waals surface area contributed by atoms with Gasteiger partial charge in [0.15, 0.2) is 6.10 Å². The predicted octanol–water partition coefficient (Wildman–Crippen LogP) is 1.74. The highest BCUT2D eigenvalue weighted by Gasteiger charge is 2.34. The number of carboxylic acid groups (broad SMARTS) is 1. The normalized spacial score (nSPS) is 32.1. The van der Waals surface area contributed by atoms with Crippen LogP contribution in [0.15, 0.2) is 0 Å². The molecule has 3 rings (SSSR count). The summed E-state index contributed by atoms with van der Waals surface area (Å²) < 4.78 is 5.62. The average molecular weight is 253 g/mol. The standard InChI is InChI=1S/C14H23NO3/c16-14(17)13-6-5-12(18-13)9-15(7-10-1-2-10)8-11-3-4-11/h10-13H,1-9H2,(H,16,17). The van der Waals surface area contributed by atoms with Crippen LogP contribution in [0.3, 0.4) is 0 Å². The Hall–Kier alpha value is -0.610. The van der Waals surface area contributed by atoms with Crippen molar-refractivity contribution in [3.63, 3.8) is 0 Å². The number of aliphatic carboxylic acids is 1. The molecule has 102 valence electrons. The molecule has 0 spiro atoms. The maximum atomic E-state index is 10.9. The minimum Gasteiger partial charge on any atom is -0.479 e. The van der Waals surface area contributed by atoms with Crippen LogP contribution in [0.1, 0.15) is 38.5 Å². The molecule has 3 aliphatic rings. The van der Waals surface area contributed by atoms with Crippen molar-refractivity contribution < 1.29 is 14.6 Å². The molecule has 2 saturated carbocycles. The first-order valence-corrected chi connectivity index (χ1v) is 7.31. The van der Waals surface area contributed by atoms with Crippen LogP contribution in [0.5, 0.6) is 0 Å². The zero-order valence-corrected chi connectivity index (χ0v) is 10.9. The highest BCUT2D eigenvalue weighted by atomic mass is 16.5. The first kappa shape index (κ1) is 12.4. The van der Waals surface area contributed by atoms with Gasteiger partial charge in [-0.05, 0) is 50.4 Å². The lowest BCUT2D eigenvalue weighted by atomic mass is 10.2. The minimum atomic E-state index is -0.798. The van der Waals surface area contributed by atoms with E-state index in [1.165, 1.54) is 38.8 Å². The summed E-state index contributed by atoms with van der Waals surface area (Å²) >= 11 is 0. The molecule has 4 nitrogen and oxygen atoms in total. The van der Waals surface area contributed by atoms with E-state index in [4.69, 9.17) is 9.84 Å². The van der Waals surface area contributed by atoms with Crippen molar-refractivity contribution in [3.8, 4) is 0 Å². The van der Waals surface area contributed by atoms with Gasteiger partial charge in [0.25, 0.3) is 0 Å². The van der Waals surface area contributed by atoms with Gasteiger partial charge in [0.05, 0.1) is 6.10 Å². The first-order valence-electron chi connectivity index (χ1n) is 7.31. The SMILES string of the molecule is O=C(O)C1CCC(CN(CC2CC2)CC2CC2)O1. The molecular weight excluding hydrogens is 230 g/mol. The largest absolute Gasteiger partial charge is 0.479 e. The van der Waals surface area contributed by atoms with Crippen LogP contribution in [0, 0.1) is 11.8 Å². The molecule has 0 radical (unpaired) electrons. The minimum absolute atomic E-state index is 0.142. The lowest BCUT2D eigenvalue weighted by Crippen LogP contribution is -2.36. The second kappa shape index (κ2) is 5.17. The lowest BCUT2D eigenvalue weighted by Gasteiger charge is -2.25. The number of hydrogen-bond acceptors (Lipinski definition) is 3. The van der Waals surface area contributed by atoms with E-state index in [0.717, 1.165) is 24.8 Å². The van der Waals surface area contributed by atoms with Crippen molar-refractivity contribution in [1.82, 2.24) is 4.90 Å². The van der Waals surface area contributed by atoms with Gasteiger partial charge in [-0.25, -0.2) is 4.79 Å². The van der Waals surface area contributed by atoms with Gasteiger partial charge in [0.2, 0.25) is 0 Å². The molecule has 0 aromatic rings. The van der Waals surface area contributed by atoms with Crippen molar-refractivity contribution in [3.05, 3.63) is 0 Å². The molecule has 0 aromatic carbocycles. The molecule has 1 aliphatic heterocycles. The summed E-state index contributed by atoms with van der Waals surface area (Å²) in [4.78, 5) is 13.4. The number of ether oxygens (including phenoxy) is 1. The Kier molecular flexibility index (Phi) is 3.57. The molecule has 1 N–H and O–H groups in total. The van der Waals surface area contributed by atoms with Crippen molar-refractivity contribution in [2.45, 2.75) is 50.7 Å². The topological polar surface area (TPSA) is 49.8 Å². The Morgan fingerprint density at radius 2 is 1.61 bits per heavy atom. The van der Waals surface area contributed by atoms with Crippen LogP contribution in [0.4, 0.5) is 0 Å². The summed E-state index contributed by atoms with van der Waals surface area (Å²) in [7, 11) is 0. The zero-order valence-electron chi connectivity index (χ0n) is 10.9. The van der Waals surface area contributed by atoms with Gasteiger partial charge < -0.3 is 14.7 Å². The third-order valence-corrected chi connectivity index (χ3v) is 4.27. The Morgan fingerprint density at radius 1 is 1.00 bits per heavy atom. The lowest BCUT2D eigenvalue weighted by molar-refractivity contribution is -0.149. The van der Waals surface area contributed by atoms with Crippen LogP contribution in [0.25, 0.3) is 0 Å². The second-order valence-electron chi connectivity index (χ2n) is 6.27. The summed E-state index contributed by atoms with van der Waals surface area (Å²) in [6.45, 7) is 3.35. The Balaban J connectivity index is 1.46. The number of carbonyl (C=O) groups is 1. The van der Waals surface area contributed by atoms with E-state index in [1.807, 2.05) is 0 Å². The fourth-order valence-corrected chi connectivity index (χ4v) is 2.86. The molecule has 1 saturated heterocycles. The van der Waals surface area contributed by atoms with E-state index in [9.17, 15) is 4.79 Å². The highest BCUT2D eigenvalue weighted by molar-refractivity contribution is 5.72. The summed E-state index contributed by atoms with van der Waals surface area (Å²) in [5, 5.41) is 8.94. The number of nitrogens with zero attached hydrogens (tertiary/aromatic N) is 1. The van der Waals surface area contributed by atoms with Gasteiger partial charge >= 0.3 is 5.97 Å². The van der Waals surface area contributed by atoms with E-state index < -0.39 is 12.1 Å². The molecule has 2 aliphatic carbocycles. The molecule has 0 bridgehead atoms. The van der Waals surface area contributed by atoms with Gasteiger partial charge in [-0.1, -0.05) is 0 Å². The van der Waals surface area contributed by atoms with Crippen molar-refractivity contribution in [2.75, 3.05) is 19.6 Å². The van der Waals surface area contributed by atoms with Crippen molar-refractivity contribution in [2.24, 2.45) is 11.8 Å². The van der Waals surface area contributed by atoms with Crippen molar-refractivity contribution >= 4 is 5.97 Å². The van der Waals surface area contributed by atoms with E-state index >= 15 is 0 Å². The summed E-state index contributed by atoms with van der Waals surface area (Å²) in [6, 6.07) is 0. The molecular formula is C14H23NO3. The van der Waals surface area contributed by atoms with Crippen LogP contribution < -0.4 is 0 Å². The van der Waals surface area contributed by atoms with Crippen LogP contribution >= 0.6 is 0 Å². The molecule has 1 heterocycles. The van der Waals surface area contributed by atoms with Gasteiger partial charge in [0, 0.05) is 19.6 Å². The van der Waals surface area contributed by atoms with Crippen molar-refractivity contribution in [1.29, 1.82) is 0 Å². The third-order valence-electron chi connectivity index (χ3n) is 4.27. The Morgan fingerprint density at radius 3 is 2.06 bits per heavy atom. The smallest absolute Gasteiger partial charge is 0.332 e. The number of rotatable bonds is 7. The first-order chi connectivity index (χ1) is 8.70. The van der Waals surface area contributed by atoms with E-state index in [0.29, 0.717) is 6.42 Å². The Bertz CT molecular complexity index is 298. The molecule has 0 amide bonds. The van der Waals surface area contributed by atoms with Gasteiger partial charge in [-0.15, -0.1) is 0 Å².